The summed E-state index contributed by atoms with van der Waals surface area (Å²) in [6.07, 6.45) is 5.05. The fourth-order valence-corrected chi connectivity index (χ4v) is 3.26. The van der Waals surface area contributed by atoms with Crippen molar-refractivity contribution in [3.63, 3.8) is 0 Å². The summed E-state index contributed by atoms with van der Waals surface area (Å²) in [5, 5.41) is 1.17. The molecule has 0 bridgehead atoms. The fraction of sp³-hybridized carbons (Fsp3) is 0.267. The van der Waals surface area contributed by atoms with Crippen molar-refractivity contribution in [2.75, 3.05) is 7.11 Å². The van der Waals surface area contributed by atoms with Crippen molar-refractivity contribution in [1.29, 1.82) is 0 Å². The first-order valence-corrected chi connectivity index (χ1v) is 6.43. The summed E-state index contributed by atoms with van der Waals surface area (Å²) in [5.41, 5.74) is 2.54. The third-order valence-corrected chi connectivity index (χ3v) is 4.20. The summed E-state index contributed by atoms with van der Waals surface area (Å²) in [5.74, 6) is 0.113. The van der Waals surface area contributed by atoms with Gasteiger partial charge in [-0.15, -0.1) is 0 Å². The van der Waals surface area contributed by atoms with Gasteiger partial charge in [-0.05, 0) is 12.1 Å². The van der Waals surface area contributed by atoms with Crippen LogP contribution in [0.2, 0.25) is 0 Å². The van der Waals surface area contributed by atoms with Crippen LogP contribution in [0.5, 0.6) is 0 Å². The molecular weight excluding hydrogens is 240 g/mol. The van der Waals surface area contributed by atoms with Gasteiger partial charge < -0.3 is 9.72 Å². The summed E-state index contributed by atoms with van der Waals surface area (Å²) in [7, 11) is 1.67. The fourth-order valence-electron chi connectivity index (χ4n) is 3.26. The molecule has 1 amide bonds. The molecular formula is C15H14N2O2. The van der Waals surface area contributed by atoms with Gasteiger partial charge >= 0.3 is 0 Å². The molecule has 19 heavy (non-hydrogen) atoms. The van der Waals surface area contributed by atoms with E-state index in [1.807, 2.05) is 30.5 Å². The lowest BCUT2D eigenvalue weighted by atomic mass is 9.98. The highest BCUT2D eigenvalue weighted by molar-refractivity contribution is 5.93. The Morgan fingerprint density at radius 2 is 2.21 bits per heavy atom. The lowest BCUT2D eigenvalue weighted by molar-refractivity contribution is -0.146. The molecule has 1 fully saturated rings. The van der Waals surface area contributed by atoms with E-state index in [1.54, 1.807) is 12.0 Å². The van der Waals surface area contributed by atoms with E-state index in [4.69, 9.17) is 4.74 Å². The number of hydrogen-bond acceptors (Lipinski definition) is 2. The standard InChI is InChI=1S/C15H14N2O2/c1-19-15-8-6-13(18)17(15)9-7-11-10-4-2-3-5-12(10)16-14(11)15/h2-5,7,9,16H,6,8H2,1H3/t15-/m0/s1. The van der Waals surface area contributed by atoms with Crippen LogP contribution in [-0.4, -0.2) is 22.9 Å². The quantitative estimate of drug-likeness (QED) is 0.850. The molecule has 1 N–H and O–H groups in total. The lowest BCUT2D eigenvalue weighted by Crippen LogP contribution is -2.43. The minimum atomic E-state index is -0.653. The molecule has 1 aromatic carbocycles. The van der Waals surface area contributed by atoms with Gasteiger partial charge in [0.2, 0.25) is 5.91 Å². The van der Waals surface area contributed by atoms with Gasteiger partial charge in [0.25, 0.3) is 0 Å². The number of para-hydroxylation sites is 1. The zero-order valence-electron chi connectivity index (χ0n) is 10.6. The average Bonchev–Trinajstić information content (AvgIpc) is 2.98. The second kappa shape index (κ2) is 3.48. The van der Waals surface area contributed by atoms with Crippen molar-refractivity contribution in [3.8, 4) is 0 Å². The van der Waals surface area contributed by atoms with E-state index in [0.717, 1.165) is 16.8 Å². The predicted molar refractivity (Wildman–Crippen MR) is 72.1 cm³/mol. The molecule has 2 aliphatic heterocycles. The van der Waals surface area contributed by atoms with Gasteiger partial charge in [-0.3, -0.25) is 9.69 Å². The monoisotopic (exact) mass is 254 g/mol. The van der Waals surface area contributed by atoms with Crippen molar-refractivity contribution in [3.05, 3.63) is 41.7 Å². The van der Waals surface area contributed by atoms with Gasteiger partial charge in [0, 0.05) is 42.6 Å². The van der Waals surface area contributed by atoms with Crippen LogP contribution in [0.25, 0.3) is 17.0 Å². The normalized spacial score (nSPS) is 24.9. The number of H-pyrrole nitrogens is 1. The molecule has 0 aliphatic carbocycles. The van der Waals surface area contributed by atoms with Crippen LogP contribution in [0.1, 0.15) is 24.1 Å². The van der Waals surface area contributed by atoms with Crippen LogP contribution in [-0.2, 0) is 15.3 Å². The maximum atomic E-state index is 12.0. The van der Waals surface area contributed by atoms with Crippen molar-refractivity contribution in [2.45, 2.75) is 18.6 Å². The smallest absolute Gasteiger partial charge is 0.229 e. The first kappa shape index (κ1) is 10.8. The topological polar surface area (TPSA) is 45.3 Å². The van der Waals surface area contributed by atoms with E-state index in [2.05, 4.69) is 11.1 Å². The Morgan fingerprint density at radius 3 is 3.05 bits per heavy atom. The number of amides is 1. The minimum absolute atomic E-state index is 0.113. The van der Waals surface area contributed by atoms with Gasteiger partial charge in [-0.2, -0.15) is 0 Å². The van der Waals surface area contributed by atoms with Crippen molar-refractivity contribution >= 4 is 22.9 Å². The van der Waals surface area contributed by atoms with E-state index in [9.17, 15) is 4.79 Å². The number of carbonyl (C=O) groups is 1. The third-order valence-electron chi connectivity index (χ3n) is 4.20. The van der Waals surface area contributed by atoms with E-state index < -0.39 is 5.72 Å². The molecule has 2 aliphatic rings. The Hall–Kier alpha value is -2.07. The molecule has 4 rings (SSSR count). The first-order valence-electron chi connectivity index (χ1n) is 6.43. The van der Waals surface area contributed by atoms with E-state index in [-0.39, 0.29) is 5.91 Å². The molecule has 4 heteroatoms. The maximum absolute atomic E-state index is 12.0. The SMILES string of the molecule is CO[C@]12CCC(=O)N1C=Cc1c2[nH]c2ccccc12. The zero-order valence-corrected chi connectivity index (χ0v) is 10.6. The summed E-state index contributed by atoms with van der Waals surface area (Å²) < 4.78 is 5.75. The molecule has 4 nitrogen and oxygen atoms in total. The van der Waals surface area contributed by atoms with Crippen LogP contribution >= 0.6 is 0 Å². The van der Waals surface area contributed by atoms with Gasteiger partial charge in [-0.1, -0.05) is 18.2 Å². The average molecular weight is 254 g/mol. The maximum Gasteiger partial charge on any atom is 0.229 e. The van der Waals surface area contributed by atoms with Crippen LogP contribution in [0.3, 0.4) is 0 Å². The van der Waals surface area contributed by atoms with Gasteiger partial charge in [0.15, 0.2) is 5.72 Å². The van der Waals surface area contributed by atoms with Gasteiger partial charge in [0.05, 0.1) is 5.69 Å². The van der Waals surface area contributed by atoms with Gasteiger partial charge in [0.1, 0.15) is 0 Å². The summed E-state index contributed by atoms with van der Waals surface area (Å²) in [6.45, 7) is 0. The molecule has 1 atom stereocenters. The number of methoxy groups -OCH3 is 1. The molecule has 1 saturated heterocycles. The summed E-state index contributed by atoms with van der Waals surface area (Å²) in [4.78, 5) is 17.1. The largest absolute Gasteiger partial charge is 0.354 e. The third kappa shape index (κ3) is 1.19. The molecule has 2 aromatic rings. The molecule has 0 saturated carbocycles. The number of nitrogens with zero attached hydrogens (tertiary/aromatic N) is 1. The van der Waals surface area contributed by atoms with Crippen LogP contribution in [0, 0.1) is 0 Å². The Bertz CT molecular complexity index is 716. The number of aromatic amines is 1. The van der Waals surface area contributed by atoms with Gasteiger partial charge in [-0.25, -0.2) is 0 Å². The van der Waals surface area contributed by atoms with Crippen molar-refractivity contribution in [1.82, 2.24) is 9.88 Å². The van der Waals surface area contributed by atoms with Crippen LogP contribution in [0.4, 0.5) is 0 Å². The molecule has 1 aromatic heterocycles. The predicted octanol–water partition coefficient (Wildman–Crippen LogP) is 2.57. The highest BCUT2D eigenvalue weighted by Gasteiger charge is 2.50. The first-order chi connectivity index (χ1) is 9.26. The number of ether oxygens (including phenoxy) is 1. The molecule has 0 unspecified atom stereocenters. The van der Waals surface area contributed by atoms with Crippen LogP contribution in [0.15, 0.2) is 30.5 Å². The minimum Gasteiger partial charge on any atom is -0.354 e. The van der Waals surface area contributed by atoms with E-state index in [0.29, 0.717) is 12.8 Å². The number of carbonyl (C=O) groups excluding carboxylic acids is 1. The van der Waals surface area contributed by atoms with Crippen molar-refractivity contribution < 1.29 is 9.53 Å². The zero-order chi connectivity index (χ0) is 13.0. The highest BCUT2D eigenvalue weighted by atomic mass is 16.5. The molecule has 0 radical (unpaired) electrons. The Balaban J connectivity index is 2.05. The number of rotatable bonds is 1. The van der Waals surface area contributed by atoms with Crippen molar-refractivity contribution in [2.24, 2.45) is 0 Å². The second-order valence-corrected chi connectivity index (χ2v) is 5.03. The molecule has 0 spiro atoms. The molecule has 3 heterocycles. The van der Waals surface area contributed by atoms with Crippen LogP contribution < -0.4 is 0 Å². The number of aromatic nitrogens is 1. The molecule has 96 valence electrons. The number of hydrogen-bond donors (Lipinski definition) is 1. The van der Waals surface area contributed by atoms with E-state index >= 15 is 0 Å². The lowest BCUT2D eigenvalue weighted by Gasteiger charge is -2.37. The number of fused-ring (bicyclic) bond motifs is 5. The summed E-state index contributed by atoms with van der Waals surface area (Å²) in [6, 6.07) is 8.16. The number of benzene rings is 1. The summed E-state index contributed by atoms with van der Waals surface area (Å²) >= 11 is 0. The van der Waals surface area contributed by atoms with E-state index in [1.165, 1.54) is 5.39 Å². The Labute approximate surface area is 110 Å². The highest BCUT2D eigenvalue weighted by Crippen LogP contribution is 2.46. The Morgan fingerprint density at radius 1 is 1.37 bits per heavy atom. The Kier molecular flexibility index (Phi) is 1.98. The second-order valence-electron chi connectivity index (χ2n) is 5.03. The number of nitrogens with one attached hydrogen (secondary N) is 1.